The maximum atomic E-state index is 11.9. The molecule has 1 aliphatic rings. The van der Waals surface area contributed by atoms with Crippen LogP contribution < -0.4 is 16.0 Å². The second-order valence-electron chi connectivity index (χ2n) is 6.09. The number of amides is 1. The first kappa shape index (κ1) is 23.2. The Balaban J connectivity index is 0.00000364. The molecule has 2 rings (SSSR count). The molecule has 8 heteroatoms. The molecule has 1 unspecified atom stereocenters. The van der Waals surface area contributed by atoms with Gasteiger partial charge in [-0.05, 0) is 31.9 Å². The van der Waals surface area contributed by atoms with Crippen molar-refractivity contribution < 1.29 is 14.3 Å². The second kappa shape index (κ2) is 12.5. The number of para-hydroxylation sites is 1. The van der Waals surface area contributed by atoms with Gasteiger partial charge in [-0.3, -0.25) is 14.6 Å². The quantitative estimate of drug-likeness (QED) is 0.172. The summed E-state index contributed by atoms with van der Waals surface area (Å²) in [6.45, 7) is 6.11. The van der Waals surface area contributed by atoms with Crippen molar-refractivity contribution >= 4 is 47.5 Å². The highest BCUT2D eigenvalue weighted by atomic mass is 127. The minimum Gasteiger partial charge on any atom is -0.466 e. The first-order valence-electron chi connectivity index (χ1n) is 9.20. The van der Waals surface area contributed by atoms with E-state index in [1.807, 2.05) is 31.2 Å². The van der Waals surface area contributed by atoms with Crippen molar-refractivity contribution in [3.05, 3.63) is 29.8 Å². The van der Waals surface area contributed by atoms with E-state index in [-0.39, 0.29) is 41.8 Å². The number of hydrogen-bond acceptors (Lipinski definition) is 4. The number of aliphatic imine (C=N–C) groups is 1. The number of hydrogen-bond donors (Lipinski definition) is 3. The normalized spacial score (nSPS) is 15.9. The highest BCUT2D eigenvalue weighted by Gasteiger charge is 2.24. The van der Waals surface area contributed by atoms with Gasteiger partial charge in [-0.15, -0.1) is 24.0 Å². The fourth-order valence-corrected chi connectivity index (χ4v) is 2.88. The lowest BCUT2D eigenvalue weighted by molar-refractivity contribution is -0.143. The predicted octanol–water partition coefficient (Wildman–Crippen LogP) is 2.63. The SMILES string of the molecule is CCNC(=NCC1CC(=O)Nc2ccccc21)NCCCC(=O)OCC.I. The number of guanidine groups is 1. The van der Waals surface area contributed by atoms with Crippen LogP contribution in [-0.2, 0) is 14.3 Å². The van der Waals surface area contributed by atoms with Gasteiger partial charge in [0.05, 0.1) is 13.2 Å². The van der Waals surface area contributed by atoms with Gasteiger partial charge >= 0.3 is 5.97 Å². The van der Waals surface area contributed by atoms with E-state index in [4.69, 9.17) is 4.74 Å². The zero-order valence-electron chi connectivity index (χ0n) is 15.9. The van der Waals surface area contributed by atoms with Crippen LogP contribution in [0.25, 0.3) is 0 Å². The van der Waals surface area contributed by atoms with Gasteiger partial charge in [-0.2, -0.15) is 0 Å². The molecule has 0 spiro atoms. The van der Waals surface area contributed by atoms with Crippen molar-refractivity contribution in [2.24, 2.45) is 4.99 Å². The lowest BCUT2D eigenvalue weighted by atomic mass is 9.91. The predicted molar refractivity (Wildman–Crippen MR) is 118 cm³/mol. The zero-order valence-corrected chi connectivity index (χ0v) is 18.2. The Kier molecular flexibility index (Phi) is 10.8. The van der Waals surface area contributed by atoms with Gasteiger partial charge in [-0.25, -0.2) is 0 Å². The van der Waals surface area contributed by atoms with Gasteiger partial charge in [-0.1, -0.05) is 18.2 Å². The van der Waals surface area contributed by atoms with Gasteiger partial charge in [0.25, 0.3) is 0 Å². The van der Waals surface area contributed by atoms with E-state index in [9.17, 15) is 9.59 Å². The summed E-state index contributed by atoms with van der Waals surface area (Å²) in [6, 6.07) is 7.85. The Bertz CT molecular complexity index is 652. The first-order valence-corrected chi connectivity index (χ1v) is 9.20. The van der Waals surface area contributed by atoms with Crippen LogP contribution in [0.5, 0.6) is 0 Å². The van der Waals surface area contributed by atoms with Gasteiger partial charge in [0.2, 0.25) is 5.91 Å². The van der Waals surface area contributed by atoms with E-state index in [0.29, 0.717) is 44.9 Å². The van der Waals surface area contributed by atoms with Crippen molar-refractivity contribution in [3.8, 4) is 0 Å². The number of carbonyl (C=O) groups excluding carboxylic acids is 2. The van der Waals surface area contributed by atoms with Gasteiger partial charge in [0.1, 0.15) is 0 Å². The van der Waals surface area contributed by atoms with Gasteiger partial charge < -0.3 is 20.7 Å². The van der Waals surface area contributed by atoms with E-state index >= 15 is 0 Å². The molecule has 1 aliphatic heterocycles. The first-order chi connectivity index (χ1) is 12.6. The maximum Gasteiger partial charge on any atom is 0.305 e. The summed E-state index contributed by atoms with van der Waals surface area (Å²) in [6.07, 6.45) is 1.50. The van der Waals surface area contributed by atoms with E-state index in [0.717, 1.165) is 17.8 Å². The zero-order chi connectivity index (χ0) is 18.8. The minimum absolute atomic E-state index is 0. The van der Waals surface area contributed by atoms with Crippen LogP contribution in [0, 0.1) is 0 Å². The molecule has 27 heavy (non-hydrogen) atoms. The molecule has 1 aromatic carbocycles. The second-order valence-corrected chi connectivity index (χ2v) is 6.09. The summed E-state index contributed by atoms with van der Waals surface area (Å²) in [5.74, 6) is 0.604. The molecular weight excluding hydrogens is 459 g/mol. The highest BCUT2D eigenvalue weighted by molar-refractivity contribution is 14.0. The average molecular weight is 488 g/mol. The van der Waals surface area contributed by atoms with E-state index < -0.39 is 0 Å². The fourth-order valence-electron chi connectivity index (χ4n) is 2.88. The highest BCUT2D eigenvalue weighted by Crippen LogP contribution is 2.31. The molecule has 0 fully saturated rings. The number of nitrogens with zero attached hydrogens (tertiary/aromatic N) is 1. The third-order valence-corrected chi connectivity index (χ3v) is 4.08. The maximum absolute atomic E-state index is 11.9. The van der Waals surface area contributed by atoms with Crippen LogP contribution in [0.15, 0.2) is 29.3 Å². The summed E-state index contributed by atoms with van der Waals surface area (Å²) in [5.41, 5.74) is 1.99. The van der Waals surface area contributed by atoms with Crippen LogP contribution in [0.1, 0.15) is 44.6 Å². The van der Waals surface area contributed by atoms with Crippen LogP contribution in [-0.4, -0.2) is 44.1 Å². The number of anilines is 1. The topological polar surface area (TPSA) is 91.8 Å². The third-order valence-electron chi connectivity index (χ3n) is 4.08. The number of esters is 1. The Morgan fingerprint density at radius 1 is 1.30 bits per heavy atom. The standard InChI is InChI=1S/C19H28N4O3.HI/c1-3-20-19(21-11-7-10-18(25)26-4-2)22-13-14-12-17(24)23-16-9-6-5-8-15(14)16;/h5-6,8-9,14H,3-4,7,10-13H2,1-2H3,(H,23,24)(H2,20,21,22);1H. The van der Waals surface area contributed by atoms with E-state index in [1.165, 1.54) is 0 Å². The molecule has 0 aliphatic carbocycles. The molecule has 1 atom stereocenters. The van der Waals surface area contributed by atoms with Gasteiger partial charge in [0, 0.05) is 37.5 Å². The summed E-state index contributed by atoms with van der Waals surface area (Å²) < 4.78 is 4.92. The molecule has 0 aromatic heterocycles. The molecule has 1 amide bonds. The van der Waals surface area contributed by atoms with Crippen LogP contribution in [0.3, 0.4) is 0 Å². The number of fused-ring (bicyclic) bond motifs is 1. The Morgan fingerprint density at radius 2 is 2.07 bits per heavy atom. The lowest BCUT2D eigenvalue weighted by Gasteiger charge is -2.24. The molecule has 150 valence electrons. The Labute approximate surface area is 177 Å². The number of nitrogens with one attached hydrogen (secondary N) is 3. The third kappa shape index (κ3) is 7.74. The van der Waals surface area contributed by atoms with Crippen molar-refractivity contribution in [1.29, 1.82) is 0 Å². The molecule has 0 saturated heterocycles. The minimum atomic E-state index is -0.180. The summed E-state index contributed by atoms with van der Waals surface area (Å²) >= 11 is 0. The summed E-state index contributed by atoms with van der Waals surface area (Å²) in [7, 11) is 0. The van der Waals surface area contributed by atoms with Crippen molar-refractivity contribution in [2.75, 3.05) is 31.6 Å². The van der Waals surface area contributed by atoms with Crippen LogP contribution >= 0.6 is 24.0 Å². The lowest BCUT2D eigenvalue weighted by Crippen LogP contribution is -2.38. The van der Waals surface area contributed by atoms with Crippen molar-refractivity contribution in [2.45, 2.75) is 39.0 Å². The molecule has 0 saturated carbocycles. The number of carbonyl (C=O) groups is 2. The van der Waals surface area contributed by atoms with Crippen molar-refractivity contribution in [3.63, 3.8) is 0 Å². The smallest absolute Gasteiger partial charge is 0.305 e. The molecule has 0 bridgehead atoms. The monoisotopic (exact) mass is 488 g/mol. The fraction of sp³-hybridized carbons (Fsp3) is 0.526. The largest absolute Gasteiger partial charge is 0.466 e. The van der Waals surface area contributed by atoms with Crippen molar-refractivity contribution in [1.82, 2.24) is 10.6 Å². The number of benzene rings is 1. The Hall–Kier alpha value is -1.84. The summed E-state index contributed by atoms with van der Waals surface area (Å²) in [5, 5.41) is 9.32. The molecule has 1 heterocycles. The van der Waals surface area contributed by atoms with Gasteiger partial charge in [0.15, 0.2) is 5.96 Å². The average Bonchev–Trinajstić information content (AvgIpc) is 2.63. The molecule has 0 radical (unpaired) electrons. The molecule has 3 N–H and O–H groups in total. The molecular formula is C19H29IN4O3. The molecule has 1 aromatic rings. The summed E-state index contributed by atoms with van der Waals surface area (Å²) in [4.78, 5) is 27.9. The van der Waals surface area contributed by atoms with Crippen LogP contribution in [0.4, 0.5) is 5.69 Å². The van der Waals surface area contributed by atoms with Crippen LogP contribution in [0.2, 0.25) is 0 Å². The number of halogens is 1. The number of ether oxygens (including phenoxy) is 1. The molecule has 7 nitrogen and oxygen atoms in total. The number of rotatable bonds is 8. The van der Waals surface area contributed by atoms with E-state index in [2.05, 4.69) is 20.9 Å². The Morgan fingerprint density at radius 3 is 2.81 bits per heavy atom. The van der Waals surface area contributed by atoms with E-state index in [1.54, 1.807) is 6.92 Å².